The van der Waals surface area contributed by atoms with E-state index in [1.807, 2.05) is 24.3 Å². The van der Waals surface area contributed by atoms with Crippen molar-refractivity contribution in [3.05, 3.63) is 81.2 Å². The molecule has 7 heteroatoms. The first-order chi connectivity index (χ1) is 13.5. The third-order valence-corrected chi connectivity index (χ3v) is 5.58. The number of rotatable bonds is 3. The Labute approximate surface area is 162 Å². The number of nitro groups is 1. The number of fused-ring (bicyclic) bond motifs is 1. The highest BCUT2D eigenvalue weighted by Gasteiger charge is 2.39. The molecule has 0 saturated carbocycles. The van der Waals surface area contributed by atoms with E-state index in [0.29, 0.717) is 19.4 Å². The Bertz CT molecular complexity index is 878. The average Bonchev–Trinajstić information content (AvgIpc) is 2.73. The van der Waals surface area contributed by atoms with Crippen LogP contribution in [0.5, 0.6) is 0 Å². The topological polar surface area (TPSA) is 72.7 Å². The molecule has 2 aromatic rings. The van der Waals surface area contributed by atoms with E-state index in [0.717, 1.165) is 17.5 Å². The van der Waals surface area contributed by atoms with Crippen LogP contribution in [-0.4, -0.2) is 41.0 Å². The first-order valence-electron chi connectivity index (χ1n) is 9.43. The molecule has 146 valence electrons. The van der Waals surface area contributed by atoms with E-state index in [4.69, 9.17) is 4.74 Å². The van der Waals surface area contributed by atoms with Crippen molar-refractivity contribution >= 4 is 5.91 Å². The van der Waals surface area contributed by atoms with Gasteiger partial charge in [-0.3, -0.25) is 14.9 Å². The molecule has 1 fully saturated rings. The summed E-state index contributed by atoms with van der Waals surface area (Å²) in [6, 6.07) is 13.1. The van der Waals surface area contributed by atoms with Crippen molar-refractivity contribution in [1.29, 1.82) is 0 Å². The smallest absolute Gasteiger partial charge is 0.252 e. The maximum atomic E-state index is 13.4. The standard InChI is InChI=1S/C21H21FN2O4/c22-16-7-5-15(6-8-16)20-18-4-2-1-3-14(18)11-12-23(20)21(25)19-10-9-17(13-28-19)24(26)27/h1-8,17,19-20H,9-13H2/t17-,19+,20+/m1/s1. The molecule has 3 atom stereocenters. The molecule has 0 N–H and O–H groups in total. The van der Waals surface area contributed by atoms with Crippen LogP contribution in [0.25, 0.3) is 0 Å². The fourth-order valence-corrected chi connectivity index (χ4v) is 4.09. The second-order valence-corrected chi connectivity index (χ2v) is 7.27. The van der Waals surface area contributed by atoms with E-state index >= 15 is 0 Å². The highest BCUT2D eigenvalue weighted by atomic mass is 19.1. The van der Waals surface area contributed by atoms with Gasteiger partial charge < -0.3 is 9.64 Å². The largest absolute Gasteiger partial charge is 0.361 e. The summed E-state index contributed by atoms with van der Waals surface area (Å²) in [7, 11) is 0. The van der Waals surface area contributed by atoms with Gasteiger partial charge in [-0.05, 0) is 41.7 Å². The second-order valence-electron chi connectivity index (χ2n) is 7.27. The number of hydrogen-bond acceptors (Lipinski definition) is 4. The molecule has 6 nitrogen and oxygen atoms in total. The third-order valence-electron chi connectivity index (χ3n) is 5.58. The van der Waals surface area contributed by atoms with Crippen molar-refractivity contribution in [3.8, 4) is 0 Å². The predicted octanol–water partition coefficient (Wildman–Crippen LogP) is 3.12. The fourth-order valence-electron chi connectivity index (χ4n) is 4.09. The first-order valence-corrected chi connectivity index (χ1v) is 9.43. The van der Waals surface area contributed by atoms with Crippen LogP contribution in [0.1, 0.15) is 35.6 Å². The fraction of sp³-hybridized carbons (Fsp3) is 0.381. The zero-order valence-corrected chi connectivity index (χ0v) is 15.3. The SMILES string of the molecule is O=C([C@@H]1CC[C@@H]([N+](=O)[O-])CO1)N1CCc2ccccc2[C@@H]1c1ccc(F)cc1. The molecule has 2 aliphatic rings. The third kappa shape index (κ3) is 3.49. The highest BCUT2D eigenvalue weighted by molar-refractivity contribution is 5.82. The Balaban J connectivity index is 1.63. The van der Waals surface area contributed by atoms with Crippen LogP contribution in [0.2, 0.25) is 0 Å². The molecule has 4 rings (SSSR count). The van der Waals surface area contributed by atoms with E-state index in [-0.39, 0.29) is 29.3 Å². The lowest BCUT2D eigenvalue weighted by atomic mass is 9.87. The molecule has 1 saturated heterocycles. The van der Waals surface area contributed by atoms with Crippen LogP contribution in [0.4, 0.5) is 4.39 Å². The predicted molar refractivity (Wildman–Crippen MR) is 99.9 cm³/mol. The molecule has 0 radical (unpaired) electrons. The molecule has 0 unspecified atom stereocenters. The van der Waals surface area contributed by atoms with E-state index in [1.54, 1.807) is 17.0 Å². The van der Waals surface area contributed by atoms with Crippen molar-refractivity contribution < 1.29 is 18.8 Å². The van der Waals surface area contributed by atoms with E-state index in [2.05, 4.69) is 0 Å². The van der Waals surface area contributed by atoms with Crippen LogP contribution in [0.3, 0.4) is 0 Å². The summed E-state index contributed by atoms with van der Waals surface area (Å²) in [5, 5.41) is 10.9. The Morgan fingerprint density at radius 1 is 1.14 bits per heavy atom. The minimum Gasteiger partial charge on any atom is -0.361 e. The molecule has 0 spiro atoms. The van der Waals surface area contributed by atoms with Crippen molar-refractivity contribution in [2.45, 2.75) is 37.5 Å². The normalized spacial score (nSPS) is 24.5. The minimum atomic E-state index is -0.751. The van der Waals surface area contributed by atoms with Crippen molar-refractivity contribution in [2.75, 3.05) is 13.2 Å². The lowest BCUT2D eigenvalue weighted by Crippen LogP contribution is -2.49. The number of benzene rings is 2. The van der Waals surface area contributed by atoms with Crippen molar-refractivity contribution in [1.82, 2.24) is 4.90 Å². The molecule has 2 aliphatic heterocycles. The van der Waals surface area contributed by atoms with Crippen molar-refractivity contribution in [2.24, 2.45) is 0 Å². The maximum absolute atomic E-state index is 13.4. The number of nitrogens with zero attached hydrogens (tertiary/aromatic N) is 2. The van der Waals surface area contributed by atoms with Crippen LogP contribution in [-0.2, 0) is 16.0 Å². The van der Waals surface area contributed by atoms with Gasteiger partial charge in [0.05, 0.1) is 6.04 Å². The first kappa shape index (κ1) is 18.6. The Kier molecular flexibility index (Phi) is 5.09. The summed E-state index contributed by atoms with van der Waals surface area (Å²) >= 11 is 0. The van der Waals surface area contributed by atoms with Crippen LogP contribution in [0, 0.1) is 15.9 Å². The minimum absolute atomic E-state index is 0.0466. The van der Waals surface area contributed by atoms with Crippen LogP contribution in [0.15, 0.2) is 48.5 Å². The maximum Gasteiger partial charge on any atom is 0.252 e. The monoisotopic (exact) mass is 384 g/mol. The average molecular weight is 384 g/mol. The van der Waals surface area contributed by atoms with E-state index in [1.165, 1.54) is 17.7 Å². The zero-order chi connectivity index (χ0) is 19.7. The van der Waals surface area contributed by atoms with Gasteiger partial charge in [0.15, 0.2) is 0 Å². The molecule has 0 aliphatic carbocycles. The summed E-state index contributed by atoms with van der Waals surface area (Å²) in [5.41, 5.74) is 3.02. The summed E-state index contributed by atoms with van der Waals surface area (Å²) < 4.78 is 19.0. The summed E-state index contributed by atoms with van der Waals surface area (Å²) in [6.45, 7) is 0.478. The Morgan fingerprint density at radius 3 is 2.57 bits per heavy atom. The van der Waals surface area contributed by atoms with Gasteiger partial charge in [-0.15, -0.1) is 0 Å². The number of halogens is 1. The summed E-state index contributed by atoms with van der Waals surface area (Å²) in [4.78, 5) is 25.6. The van der Waals surface area contributed by atoms with Gasteiger partial charge in [0, 0.05) is 17.9 Å². The molecule has 0 bridgehead atoms. The Hall–Kier alpha value is -2.80. The molecule has 2 heterocycles. The number of hydrogen-bond donors (Lipinski definition) is 0. The number of ether oxygens (including phenoxy) is 1. The van der Waals surface area contributed by atoms with Gasteiger partial charge in [-0.25, -0.2) is 4.39 Å². The van der Waals surface area contributed by atoms with Gasteiger partial charge in [-0.1, -0.05) is 36.4 Å². The van der Waals surface area contributed by atoms with Crippen LogP contribution < -0.4 is 0 Å². The Morgan fingerprint density at radius 2 is 1.89 bits per heavy atom. The molecule has 1 amide bonds. The highest BCUT2D eigenvalue weighted by Crippen LogP contribution is 2.36. The molecular weight excluding hydrogens is 363 g/mol. The van der Waals surface area contributed by atoms with Gasteiger partial charge >= 0.3 is 0 Å². The quantitative estimate of drug-likeness (QED) is 0.602. The molecule has 2 aromatic carbocycles. The molecule has 0 aromatic heterocycles. The number of amides is 1. The van der Waals surface area contributed by atoms with E-state index in [9.17, 15) is 19.3 Å². The lowest BCUT2D eigenvalue weighted by Gasteiger charge is -2.40. The zero-order valence-electron chi connectivity index (χ0n) is 15.3. The second kappa shape index (κ2) is 7.67. The van der Waals surface area contributed by atoms with Gasteiger partial charge in [0.1, 0.15) is 18.5 Å². The lowest BCUT2D eigenvalue weighted by molar-refractivity contribution is -0.532. The summed E-state index contributed by atoms with van der Waals surface area (Å²) in [5.74, 6) is -0.488. The van der Waals surface area contributed by atoms with E-state index < -0.39 is 12.1 Å². The van der Waals surface area contributed by atoms with Crippen molar-refractivity contribution in [3.63, 3.8) is 0 Å². The molecule has 28 heavy (non-hydrogen) atoms. The summed E-state index contributed by atoms with van der Waals surface area (Å²) in [6.07, 6.45) is 0.710. The number of carbonyl (C=O) groups is 1. The number of carbonyl (C=O) groups excluding carboxylic acids is 1. The van der Waals surface area contributed by atoms with Gasteiger partial charge in [0.25, 0.3) is 5.91 Å². The van der Waals surface area contributed by atoms with Crippen LogP contribution >= 0.6 is 0 Å². The van der Waals surface area contributed by atoms with Gasteiger partial charge in [-0.2, -0.15) is 0 Å². The van der Waals surface area contributed by atoms with Gasteiger partial charge in [0.2, 0.25) is 6.04 Å². The molecular formula is C21H21FN2O4.